The van der Waals surface area contributed by atoms with Crippen LogP contribution in [-0.2, 0) is 17.8 Å². The van der Waals surface area contributed by atoms with E-state index in [0.29, 0.717) is 41.5 Å². The summed E-state index contributed by atoms with van der Waals surface area (Å²) in [4.78, 5) is 38.7. The molecule has 6 rings (SSSR count). The number of nitrogens with zero attached hydrogens (tertiary/aromatic N) is 4. The van der Waals surface area contributed by atoms with Gasteiger partial charge in [0.15, 0.2) is 21.3 Å². The van der Waals surface area contributed by atoms with Gasteiger partial charge in [0.05, 0.1) is 25.3 Å². The van der Waals surface area contributed by atoms with Gasteiger partial charge >= 0.3 is 0 Å². The van der Waals surface area contributed by atoms with Crippen LogP contribution >= 0.6 is 11.3 Å². The van der Waals surface area contributed by atoms with Crippen molar-refractivity contribution in [3.63, 3.8) is 0 Å². The first-order valence-electron chi connectivity index (χ1n) is 13.7. The number of carbonyl (C=O) groups is 1. The van der Waals surface area contributed by atoms with Gasteiger partial charge < -0.3 is 9.64 Å². The molecule has 1 fully saturated rings. The van der Waals surface area contributed by atoms with Crippen LogP contribution in [-0.4, -0.2) is 40.0 Å². The number of methoxy groups -OCH3 is 1. The number of benzene rings is 3. The first-order valence-corrected chi connectivity index (χ1v) is 14.6. The molecule has 0 radical (unpaired) electrons. The fourth-order valence-electron chi connectivity index (χ4n) is 5.36. The zero-order chi connectivity index (χ0) is 29.2. The van der Waals surface area contributed by atoms with E-state index in [0.717, 1.165) is 35.7 Å². The van der Waals surface area contributed by atoms with Crippen molar-refractivity contribution in [1.29, 1.82) is 0 Å². The van der Waals surface area contributed by atoms with Gasteiger partial charge in [-0.2, -0.15) is 0 Å². The van der Waals surface area contributed by atoms with Crippen molar-refractivity contribution in [2.75, 3.05) is 18.6 Å². The van der Waals surface area contributed by atoms with E-state index in [-0.39, 0.29) is 35.3 Å². The largest absolute Gasteiger partial charge is 0.497 e. The summed E-state index contributed by atoms with van der Waals surface area (Å²) < 4.78 is 35.8. The molecule has 1 aliphatic heterocycles. The predicted octanol–water partition coefficient (Wildman–Crippen LogP) is 6.03. The van der Waals surface area contributed by atoms with Crippen LogP contribution in [0.4, 0.5) is 13.9 Å². The molecule has 1 atom stereocenters. The molecule has 0 aliphatic carbocycles. The summed E-state index contributed by atoms with van der Waals surface area (Å²) in [7, 11) is 1.56. The monoisotopic (exact) mass is 586 g/mol. The molecule has 42 heavy (non-hydrogen) atoms. The second-order valence-corrected chi connectivity index (χ2v) is 11.2. The number of ketones is 1. The minimum absolute atomic E-state index is 0.00688. The van der Waals surface area contributed by atoms with E-state index >= 15 is 0 Å². The number of carbonyl (C=O) groups excluding carboxylic acids is 1. The lowest BCUT2D eigenvalue weighted by Gasteiger charge is -2.22. The van der Waals surface area contributed by atoms with Crippen LogP contribution in [0, 0.1) is 11.6 Å². The van der Waals surface area contributed by atoms with Crippen LogP contribution in [0.1, 0.15) is 30.4 Å². The molecule has 0 N–H and O–H groups in total. The Labute approximate surface area is 245 Å². The fraction of sp³-hybridized carbons (Fsp3) is 0.250. The first kappa shape index (κ1) is 27.7. The first-order chi connectivity index (χ1) is 20.4. The highest BCUT2D eigenvalue weighted by molar-refractivity contribution is 7.21. The normalized spacial score (nSPS) is 14.9. The van der Waals surface area contributed by atoms with Crippen LogP contribution in [0.25, 0.3) is 21.7 Å². The Balaban J connectivity index is 1.38. The number of halogens is 2. The topological polar surface area (TPSA) is 77.3 Å². The summed E-state index contributed by atoms with van der Waals surface area (Å²) in [6.07, 6.45) is 2.60. The third kappa shape index (κ3) is 5.54. The molecule has 3 heterocycles. The van der Waals surface area contributed by atoms with Gasteiger partial charge in [-0.25, -0.2) is 18.7 Å². The number of ether oxygens (including phenoxy) is 1. The summed E-state index contributed by atoms with van der Waals surface area (Å²) in [6.45, 7) is 0.696. The molecule has 0 bridgehead atoms. The minimum Gasteiger partial charge on any atom is -0.497 e. The predicted molar refractivity (Wildman–Crippen MR) is 159 cm³/mol. The van der Waals surface area contributed by atoms with Crippen molar-refractivity contribution >= 4 is 32.6 Å². The smallest absolute Gasteiger partial charge is 0.281 e. The number of fused-ring (bicyclic) bond motifs is 1. The SMILES string of the molecule is COc1ccc(Cn2c(-c3cc(F)ccc3F)nc3sc(N4CCC[C@@H]4C(=O)CCc4ccccc4)nc3c2=O)cc1. The Bertz CT molecular complexity index is 1810. The van der Waals surface area contributed by atoms with Gasteiger partial charge in [-0.1, -0.05) is 53.8 Å². The zero-order valence-corrected chi connectivity index (χ0v) is 23.7. The number of hydrogen-bond donors (Lipinski definition) is 0. The van der Waals surface area contributed by atoms with Crippen LogP contribution in [0.15, 0.2) is 77.6 Å². The third-order valence-corrected chi connectivity index (χ3v) is 8.54. The van der Waals surface area contributed by atoms with E-state index in [1.807, 2.05) is 35.2 Å². The molecule has 214 valence electrons. The zero-order valence-electron chi connectivity index (χ0n) is 22.9. The van der Waals surface area contributed by atoms with E-state index in [4.69, 9.17) is 4.74 Å². The number of rotatable bonds is 9. The van der Waals surface area contributed by atoms with Crippen molar-refractivity contribution in [2.24, 2.45) is 0 Å². The summed E-state index contributed by atoms with van der Waals surface area (Å²) in [5, 5.41) is 0.526. The quantitative estimate of drug-likeness (QED) is 0.210. The van der Waals surface area contributed by atoms with Gasteiger partial charge in [-0.05, 0) is 60.7 Å². The van der Waals surface area contributed by atoms with Crippen LogP contribution in [0.5, 0.6) is 5.75 Å². The number of anilines is 1. The van der Waals surface area contributed by atoms with Crippen molar-refractivity contribution < 1.29 is 18.3 Å². The highest BCUT2D eigenvalue weighted by Crippen LogP contribution is 2.34. The second-order valence-electron chi connectivity index (χ2n) is 10.3. The number of aromatic nitrogens is 3. The van der Waals surface area contributed by atoms with Crippen molar-refractivity contribution in [3.8, 4) is 17.1 Å². The number of Topliss-reactive ketones (excluding diaryl/α,β-unsaturated/α-hetero) is 1. The number of aryl methyl sites for hydroxylation is 1. The molecule has 0 saturated carbocycles. The van der Waals surface area contributed by atoms with E-state index in [9.17, 15) is 18.4 Å². The Morgan fingerprint density at radius 2 is 1.81 bits per heavy atom. The number of hydrogen-bond acceptors (Lipinski definition) is 7. The Hall–Kier alpha value is -4.44. The number of thiazole rings is 1. The Morgan fingerprint density at radius 3 is 2.57 bits per heavy atom. The van der Waals surface area contributed by atoms with E-state index in [1.54, 1.807) is 31.4 Å². The minimum atomic E-state index is -0.695. The van der Waals surface area contributed by atoms with Crippen molar-refractivity contribution in [2.45, 2.75) is 38.3 Å². The molecule has 2 aromatic heterocycles. The maximum absolute atomic E-state index is 15.0. The molecule has 0 spiro atoms. The van der Waals surface area contributed by atoms with Gasteiger partial charge in [0, 0.05) is 13.0 Å². The van der Waals surface area contributed by atoms with Gasteiger partial charge in [-0.15, -0.1) is 0 Å². The molecule has 7 nitrogen and oxygen atoms in total. The summed E-state index contributed by atoms with van der Waals surface area (Å²) >= 11 is 1.19. The molecule has 0 unspecified atom stereocenters. The van der Waals surface area contributed by atoms with Gasteiger partial charge in [0.25, 0.3) is 5.56 Å². The fourth-order valence-corrected chi connectivity index (χ4v) is 6.37. The maximum Gasteiger partial charge on any atom is 0.281 e. The molecule has 10 heteroatoms. The molecule has 1 aliphatic rings. The van der Waals surface area contributed by atoms with E-state index in [1.165, 1.54) is 15.9 Å². The Morgan fingerprint density at radius 1 is 1.02 bits per heavy atom. The van der Waals surface area contributed by atoms with Gasteiger partial charge in [0.2, 0.25) is 0 Å². The summed E-state index contributed by atoms with van der Waals surface area (Å²) in [5.74, 6) is -0.552. The van der Waals surface area contributed by atoms with Crippen LogP contribution < -0.4 is 15.2 Å². The molecule has 5 aromatic rings. The highest BCUT2D eigenvalue weighted by atomic mass is 32.1. The average Bonchev–Trinajstić information content (AvgIpc) is 3.67. The molecule has 0 amide bonds. The van der Waals surface area contributed by atoms with E-state index < -0.39 is 17.2 Å². The lowest BCUT2D eigenvalue weighted by atomic mass is 10.0. The molecular weight excluding hydrogens is 558 g/mol. The molecule has 3 aromatic carbocycles. The highest BCUT2D eigenvalue weighted by Gasteiger charge is 2.33. The van der Waals surface area contributed by atoms with Gasteiger partial charge in [0.1, 0.15) is 23.2 Å². The summed E-state index contributed by atoms with van der Waals surface area (Å²) in [6, 6.07) is 19.7. The van der Waals surface area contributed by atoms with Crippen molar-refractivity contribution in [1.82, 2.24) is 14.5 Å². The third-order valence-electron chi connectivity index (χ3n) is 7.55. The van der Waals surface area contributed by atoms with Crippen molar-refractivity contribution in [3.05, 3.63) is 106 Å². The maximum atomic E-state index is 15.0. The van der Waals surface area contributed by atoms with Gasteiger partial charge in [-0.3, -0.25) is 14.2 Å². The molecule has 1 saturated heterocycles. The lowest BCUT2D eigenvalue weighted by Crippen LogP contribution is -2.36. The average molecular weight is 587 g/mol. The molecular formula is C32H28F2N4O3S. The Kier molecular flexibility index (Phi) is 7.80. The van der Waals surface area contributed by atoms with Crippen LogP contribution in [0.3, 0.4) is 0 Å². The van der Waals surface area contributed by atoms with Crippen LogP contribution in [0.2, 0.25) is 0 Å². The standard InChI is InChI=1S/C32H28F2N4O3S/c1-41-23-13-9-21(10-14-23)19-38-29(24-18-22(33)12-15-25(24)34)36-30-28(31(38)40)35-32(42-30)37-17-5-8-26(37)27(39)16-11-20-6-3-2-4-7-20/h2-4,6-7,9-10,12-15,18,26H,5,8,11,16-17,19H2,1H3/t26-/m1/s1. The van der Waals surface area contributed by atoms with E-state index in [2.05, 4.69) is 9.97 Å². The summed E-state index contributed by atoms with van der Waals surface area (Å²) in [5.41, 5.74) is 1.40. The lowest BCUT2D eigenvalue weighted by molar-refractivity contribution is -0.120. The second kappa shape index (κ2) is 11.8.